The Bertz CT molecular complexity index is 606. The molecule has 2 aromatic heterocycles. The van der Waals surface area contributed by atoms with Crippen molar-refractivity contribution >= 4 is 22.5 Å². The van der Waals surface area contributed by atoms with E-state index in [2.05, 4.69) is 4.98 Å². The molecule has 0 spiro atoms. The summed E-state index contributed by atoms with van der Waals surface area (Å²) in [6, 6.07) is 1.22. The molecule has 2 aromatic rings. The zero-order valence-electron chi connectivity index (χ0n) is 10.2. The van der Waals surface area contributed by atoms with E-state index in [0.717, 1.165) is 6.20 Å². The summed E-state index contributed by atoms with van der Waals surface area (Å²) >= 11 is 0. The summed E-state index contributed by atoms with van der Waals surface area (Å²) in [7, 11) is 1.46. The highest BCUT2D eigenvalue weighted by Gasteiger charge is 2.35. The van der Waals surface area contributed by atoms with Gasteiger partial charge in [-0.3, -0.25) is 0 Å². The number of pyridine rings is 1. The molecule has 0 bridgehead atoms. The minimum atomic E-state index is -4.50. The van der Waals surface area contributed by atoms with Gasteiger partial charge in [0, 0.05) is 31.6 Å². The van der Waals surface area contributed by atoms with Crippen molar-refractivity contribution in [1.29, 1.82) is 0 Å². The number of halogens is 3. The van der Waals surface area contributed by atoms with Crippen molar-refractivity contribution in [3.05, 3.63) is 17.8 Å². The number of fused-ring (bicyclic) bond motifs is 1. The van der Waals surface area contributed by atoms with Crippen LogP contribution in [0.15, 0.2) is 12.3 Å². The number of aromatic nitrogens is 2. The molecule has 0 fully saturated rings. The van der Waals surface area contributed by atoms with Gasteiger partial charge in [0.15, 0.2) is 0 Å². The summed E-state index contributed by atoms with van der Waals surface area (Å²) in [5.41, 5.74) is 10.4. The van der Waals surface area contributed by atoms with Gasteiger partial charge in [-0.15, -0.1) is 0 Å². The van der Waals surface area contributed by atoms with Gasteiger partial charge in [-0.2, -0.15) is 13.2 Å². The Morgan fingerprint density at radius 2 is 2.05 bits per heavy atom. The van der Waals surface area contributed by atoms with Crippen molar-refractivity contribution in [1.82, 2.24) is 9.55 Å². The van der Waals surface area contributed by atoms with Crippen LogP contribution < -0.4 is 11.5 Å². The second-order valence-corrected chi connectivity index (χ2v) is 4.06. The number of rotatable bonds is 3. The number of anilines is 2. The van der Waals surface area contributed by atoms with Gasteiger partial charge in [0.25, 0.3) is 0 Å². The zero-order valence-corrected chi connectivity index (χ0v) is 10.2. The van der Waals surface area contributed by atoms with Crippen LogP contribution in [0.25, 0.3) is 11.0 Å². The molecule has 2 heterocycles. The van der Waals surface area contributed by atoms with E-state index >= 15 is 0 Å². The molecular weight excluding hydrogens is 261 g/mol. The lowest BCUT2D eigenvalue weighted by Crippen LogP contribution is -2.05. The lowest BCUT2D eigenvalue weighted by atomic mass is 10.2. The molecule has 0 amide bonds. The number of hydrogen-bond donors (Lipinski definition) is 2. The molecule has 0 aromatic carbocycles. The Morgan fingerprint density at radius 1 is 1.37 bits per heavy atom. The number of alkyl halides is 3. The third-order valence-electron chi connectivity index (χ3n) is 2.72. The summed E-state index contributed by atoms with van der Waals surface area (Å²) < 4.78 is 45.1. The molecular formula is C11H13F3N4O. The van der Waals surface area contributed by atoms with Crippen molar-refractivity contribution in [3.8, 4) is 0 Å². The predicted molar refractivity (Wildman–Crippen MR) is 65.4 cm³/mol. The van der Waals surface area contributed by atoms with Crippen LogP contribution in [0.1, 0.15) is 5.56 Å². The first kappa shape index (κ1) is 13.5. The average Bonchev–Trinajstić information content (AvgIpc) is 2.65. The van der Waals surface area contributed by atoms with Gasteiger partial charge in [-0.25, -0.2) is 4.98 Å². The number of nitrogens with zero attached hydrogens (tertiary/aromatic N) is 2. The third-order valence-corrected chi connectivity index (χ3v) is 2.72. The molecule has 0 aliphatic heterocycles. The highest BCUT2D eigenvalue weighted by molar-refractivity contribution is 5.93. The summed E-state index contributed by atoms with van der Waals surface area (Å²) in [4.78, 5) is 3.93. The summed E-state index contributed by atoms with van der Waals surface area (Å²) in [6.45, 7) is 0.496. The lowest BCUT2D eigenvalue weighted by Gasteiger charge is -2.06. The van der Waals surface area contributed by atoms with E-state index in [1.807, 2.05) is 0 Å². The first-order valence-electron chi connectivity index (χ1n) is 5.45. The fraction of sp³-hybridized carbons (Fsp3) is 0.364. The molecule has 0 radical (unpaired) electrons. The van der Waals surface area contributed by atoms with Crippen molar-refractivity contribution in [2.75, 3.05) is 25.2 Å². The summed E-state index contributed by atoms with van der Waals surface area (Å²) in [6.07, 6.45) is -3.52. The van der Waals surface area contributed by atoms with Crippen LogP contribution in [0.5, 0.6) is 0 Å². The van der Waals surface area contributed by atoms with Gasteiger partial charge < -0.3 is 20.8 Å². The van der Waals surface area contributed by atoms with Crippen LogP contribution in [0.3, 0.4) is 0 Å². The molecule has 5 nitrogen and oxygen atoms in total. The molecule has 0 atom stereocenters. The SMILES string of the molecule is COCCn1cc(C(F)(F)F)c2c(N)cc(N)nc21. The Hall–Kier alpha value is -1.96. The lowest BCUT2D eigenvalue weighted by molar-refractivity contribution is -0.136. The van der Waals surface area contributed by atoms with Crippen molar-refractivity contribution in [2.24, 2.45) is 0 Å². The molecule has 19 heavy (non-hydrogen) atoms. The molecule has 8 heteroatoms. The van der Waals surface area contributed by atoms with Gasteiger partial charge in [0.1, 0.15) is 11.5 Å². The van der Waals surface area contributed by atoms with Gasteiger partial charge in [0.2, 0.25) is 0 Å². The number of hydrogen-bond acceptors (Lipinski definition) is 4. The van der Waals surface area contributed by atoms with E-state index in [4.69, 9.17) is 16.2 Å². The maximum absolute atomic E-state index is 13.0. The van der Waals surface area contributed by atoms with Crippen LogP contribution in [0.4, 0.5) is 24.7 Å². The number of nitrogens with two attached hydrogens (primary N) is 2. The normalized spacial score (nSPS) is 12.2. The van der Waals surface area contributed by atoms with Crippen molar-refractivity contribution in [3.63, 3.8) is 0 Å². The monoisotopic (exact) mass is 274 g/mol. The Morgan fingerprint density at radius 3 is 2.63 bits per heavy atom. The summed E-state index contributed by atoms with van der Waals surface area (Å²) in [5.74, 6) is 0.0792. The topological polar surface area (TPSA) is 79.1 Å². The molecule has 0 unspecified atom stereocenters. The molecule has 104 valence electrons. The Kier molecular flexibility index (Phi) is 3.27. The first-order valence-corrected chi connectivity index (χ1v) is 5.45. The predicted octanol–water partition coefficient (Wildman–Crippen LogP) is 1.87. The zero-order chi connectivity index (χ0) is 14.2. The average molecular weight is 274 g/mol. The number of ether oxygens (including phenoxy) is 1. The molecule has 0 aliphatic rings. The van der Waals surface area contributed by atoms with Crippen LogP contribution in [-0.4, -0.2) is 23.3 Å². The third kappa shape index (κ3) is 2.43. The summed E-state index contributed by atoms with van der Waals surface area (Å²) in [5, 5.41) is -0.127. The molecule has 0 saturated carbocycles. The Labute approximate surface area is 107 Å². The second kappa shape index (κ2) is 4.61. The standard InChI is InChI=1S/C11H13F3N4O/c1-19-3-2-18-5-6(11(12,13)14)9-7(15)4-8(16)17-10(9)18/h4-5H,2-3H2,1H3,(H4,15,16,17). The van der Waals surface area contributed by atoms with Crippen LogP contribution >= 0.6 is 0 Å². The molecule has 0 saturated heterocycles. The van der Waals surface area contributed by atoms with E-state index in [-0.39, 0.29) is 35.7 Å². The molecule has 0 aliphatic carbocycles. The van der Waals surface area contributed by atoms with Gasteiger partial charge in [-0.1, -0.05) is 0 Å². The van der Waals surface area contributed by atoms with E-state index in [1.54, 1.807) is 0 Å². The largest absolute Gasteiger partial charge is 0.418 e. The minimum Gasteiger partial charge on any atom is -0.398 e. The van der Waals surface area contributed by atoms with Gasteiger partial charge in [-0.05, 0) is 0 Å². The van der Waals surface area contributed by atoms with E-state index in [0.29, 0.717) is 0 Å². The minimum absolute atomic E-state index is 0.0361. The first-order chi connectivity index (χ1) is 8.84. The fourth-order valence-electron chi connectivity index (χ4n) is 1.91. The number of nitrogen functional groups attached to an aromatic ring is 2. The maximum Gasteiger partial charge on any atom is 0.418 e. The van der Waals surface area contributed by atoms with E-state index in [1.165, 1.54) is 17.7 Å². The van der Waals surface area contributed by atoms with Gasteiger partial charge >= 0.3 is 6.18 Å². The smallest absolute Gasteiger partial charge is 0.398 e. The van der Waals surface area contributed by atoms with Crippen LogP contribution in [0, 0.1) is 0 Å². The highest BCUT2D eigenvalue weighted by atomic mass is 19.4. The van der Waals surface area contributed by atoms with Gasteiger partial charge in [0.05, 0.1) is 17.6 Å². The van der Waals surface area contributed by atoms with E-state index in [9.17, 15) is 13.2 Å². The van der Waals surface area contributed by atoms with E-state index < -0.39 is 11.7 Å². The maximum atomic E-state index is 13.0. The number of methoxy groups -OCH3 is 1. The highest BCUT2D eigenvalue weighted by Crippen LogP contribution is 2.38. The molecule has 4 N–H and O–H groups in total. The van der Waals surface area contributed by atoms with Crippen molar-refractivity contribution < 1.29 is 17.9 Å². The van der Waals surface area contributed by atoms with Crippen LogP contribution in [-0.2, 0) is 17.5 Å². The molecule has 2 rings (SSSR count). The fourth-order valence-corrected chi connectivity index (χ4v) is 1.91. The second-order valence-electron chi connectivity index (χ2n) is 4.06. The Balaban J connectivity index is 2.70. The quantitative estimate of drug-likeness (QED) is 0.895. The van der Waals surface area contributed by atoms with Crippen molar-refractivity contribution in [2.45, 2.75) is 12.7 Å². The van der Waals surface area contributed by atoms with Crippen LogP contribution in [0.2, 0.25) is 0 Å².